The van der Waals surface area contributed by atoms with Gasteiger partial charge in [-0.05, 0) is 0 Å². The topological polar surface area (TPSA) is 55.2 Å². The van der Waals surface area contributed by atoms with Gasteiger partial charge in [-0.15, -0.1) is 0 Å². The number of hydrogen-bond acceptors (Lipinski definition) is 3. The second kappa shape index (κ2) is 5.73. The van der Waals surface area contributed by atoms with Crippen molar-refractivity contribution in [2.24, 2.45) is 5.41 Å². The number of aromatic nitrogens is 2. The van der Waals surface area contributed by atoms with Crippen LogP contribution in [0.1, 0.15) is 13.3 Å². The Morgan fingerprint density at radius 2 is 2.00 bits per heavy atom. The quantitative estimate of drug-likeness (QED) is 0.834. The number of hydrogen-bond donors (Lipinski definition) is 0. The number of carbonyl (C=O) groups excluding carboxylic acids is 1. The second-order valence-electron chi connectivity index (χ2n) is 5.62. The average molecular weight is 358 g/mol. The highest BCUT2D eigenvalue weighted by molar-refractivity contribution is 6.41. The Morgan fingerprint density at radius 3 is 2.55 bits per heavy atom. The van der Waals surface area contributed by atoms with Crippen LogP contribution in [0.15, 0.2) is 11.0 Å². The summed E-state index contributed by atoms with van der Waals surface area (Å²) < 4.78 is 38.0. The number of nitrogens with zero attached hydrogens (tertiary/aromatic N) is 3. The summed E-state index contributed by atoms with van der Waals surface area (Å²) in [4.78, 5) is 25.0. The fourth-order valence-electron chi connectivity index (χ4n) is 2.43. The van der Waals surface area contributed by atoms with Crippen LogP contribution in [0.4, 0.5) is 13.2 Å². The molecule has 1 aromatic heterocycles. The maximum Gasteiger partial charge on any atom is 0.389 e. The minimum atomic E-state index is -4.27. The summed E-state index contributed by atoms with van der Waals surface area (Å²) in [7, 11) is 0. The van der Waals surface area contributed by atoms with E-state index in [1.54, 1.807) is 0 Å². The highest BCUT2D eigenvalue weighted by Crippen LogP contribution is 2.40. The summed E-state index contributed by atoms with van der Waals surface area (Å²) >= 11 is 11.3. The van der Waals surface area contributed by atoms with Gasteiger partial charge in [0.15, 0.2) is 0 Å². The summed E-state index contributed by atoms with van der Waals surface area (Å²) in [6.07, 6.45) is -4.09. The maximum absolute atomic E-state index is 12.4. The van der Waals surface area contributed by atoms with E-state index in [4.69, 9.17) is 23.2 Å². The molecule has 122 valence electrons. The molecule has 0 aromatic carbocycles. The van der Waals surface area contributed by atoms with Crippen molar-refractivity contribution >= 4 is 29.1 Å². The SMILES string of the molecule is CC1(CC(F)(F)F)CN(C(=O)Cn2ncc(Cl)c(Cl)c2=O)C1. The van der Waals surface area contributed by atoms with Gasteiger partial charge in [-0.1, -0.05) is 30.1 Å². The Labute approximate surface area is 133 Å². The van der Waals surface area contributed by atoms with Gasteiger partial charge < -0.3 is 4.90 Å². The fourth-order valence-corrected chi connectivity index (χ4v) is 2.70. The van der Waals surface area contributed by atoms with Crippen LogP contribution in [0.5, 0.6) is 0 Å². The van der Waals surface area contributed by atoms with Crippen LogP contribution < -0.4 is 5.56 Å². The lowest BCUT2D eigenvalue weighted by Gasteiger charge is -2.48. The zero-order chi connectivity index (χ0) is 16.7. The molecule has 1 aromatic rings. The Hall–Kier alpha value is -1.28. The molecule has 1 aliphatic heterocycles. The van der Waals surface area contributed by atoms with E-state index < -0.39 is 36.0 Å². The van der Waals surface area contributed by atoms with E-state index in [0.29, 0.717) is 0 Å². The van der Waals surface area contributed by atoms with Crippen molar-refractivity contribution in [1.29, 1.82) is 0 Å². The van der Waals surface area contributed by atoms with Crippen molar-refractivity contribution in [3.8, 4) is 0 Å². The Kier molecular flexibility index (Phi) is 4.45. The van der Waals surface area contributed by atoms with Crippen LogP contribution in [0.2, 0.25) is 10.0 Å². The van der Waals surface area contributed by atoms with Crippen molar-refractivity contribution in [3.63, 3.8) is 0 Å². The van der Waals surface area contributed by atoms with Crippen LogP contribution in [0, 0.1) is 5.41 Å². The normalized spacial score (nSPS) is 17.3. The minimum absolute atomic E-state index is 0.0125. The number of halogens is 5. The summed E-state index contributed by atoms with van der Waals surface area (Å²) in [6.45, 7) is 1.05. The summed E-state index contributed by atoms with van der Waals surface area (Å²) in [5.41, 5.74) is -1.70. The molecule has 0 saturated carbocycles. The van der Waals surface area contributed by atoms with Crippen LogP contribution in [0.3, 0.4) is 0 Å². The van der Waals surface area contributed by atoms with Crippen LogP contribution in [-0.4, -0.2) is 39.9 Å². The van der Waals surface area contributed by atoms with Gasteiger partial charge in [0.2, 0.25) is 5.91 Å². The third-order valence-electron chi connectivity index (χ3n) is 3.35. The van der Waals surface area contributed by atoms with E-state index in [9.17, 15) is 22.8 Å². The molecule has 2 rings (SSSR count). The summed E-state index contributed by atoms with van der Waals surface area (Å²) in [6, 6.07) is 0. The number of amides is 1. The van der Waals surface area contributed by atoms with Gasteiger partial charge in [-0.3, -0.25) is 9.59 Å². The molecule has 22 heavy (non-hydrogen) atoms. The van der Waals surface area contributed by atoms with E-state index in [1.165, 1.54) is 11.8 Å². The monoisotopic (exact) mass is 357 g/mol. The van der Waals surface area contributed by atoms with Crippen molar-refractivity contribution in [2.75, 3.05) is 13.1 Å². The van der Waals surface area contributed by atoms with Crippen LogP contribution in [0.25, 0.3) is 0 Å². The lowest BCUT2D eigenvalue weighted by atomic mass is 9.78. The molecule has 1 amide bonds. The molecule has 0 atom stereocenters. The summed E-state index contributed by atoms with van der Waals surface area (Å²) in [5.74, 6) is -0.493. The highest BCUT2D eigenvalue weighted by Gasteiger charge is 2.48. The first-order valence-corrected chi connectivity index (χ1v) is 7.02. The van der Waals surface area contributed by atoms with Crippen LogP contribution >= 0.6 is 23.2 Å². The van der Waals surface area contributed by atoms with Gasteiger partial charge in [-0.25, -0.2) is 4.68 Å². The molecular weight excluding hydrogens is 346 g/mol. The Morgan fingerprint density at radius 1 is 1.41 bits per heavy atom. The predicted molar refractivity (Wildman–Crippen MR) is 73.9 cm³/mol. The molecule has 1 fully saturated rings. The third-order valence-corrected chi connectivity index (χ3v) is 4.10. The lowest BCUT2D eigenvalue weighted by molar-refractivity contribution is -0.182. The minimum Gasteiger partial charge on any atom is -0.340 e. The molecule has 10 heteroatoms. The molecule has 0 bridgehead atoms. The van der Waals surface area contributed by atoms with Crippen LogP contribution in [-0.2, 0) is 11.3 Å². The molecule has 5 nitrogen and oxygen atoms in total. The largest absolute Gasteiger partial charge is 0.389 e. The Bertz CT molecular complexity index is 654. The molecule has 0 N–H and O–H groups in total. The first kappa shape index (κ1) is 17.1. The van der Waals surface area contributed by atoms with Gasteiger partial charge in [0, 0.05) is 18.5 Å². The van der Waals surface area contributed by atoms with Crippen molar-refractivity contribution in [2.45, 2.75) is 26.1 Å². The molecule has 0 unspecified atom stereocenters. The van der Waals surface area contributed by atoms with E-state index in [1.807, 2.05) is 0 Å². The van der Waals surface area contributed by atoms with Crippen molar-refractivity contribution in [3.05, 3.63) is 26.6 Å². The molecule has 2 heterocycles. The first-order valence-electron chi connectivity index (χ1n) is 6.26. The molecule has 0 spiro atoms. The predicted octanol–water partition coefficient (Wildman–Crippen LogP) is 2.35. The van der Waals surface area contributed by atoms with E-state index in [-0.39, 0.29) is 23.1 Å². The standard InChI is InChI=1S/C12H12Cl2F3N3O2/c1-11(4-12(15,16)17)5-19(6-11)8(21)3-20-10(22)9(14)7(13)2-18-20/h2H,3-6H2,1H3. The first-order chi connectivity index (χ1) is 10.0. The molecular formula is C12H12Cl2F3N3O2. The van der Waals surface area contributed by atoms with E-state index in [2.05, 4.69) is 5.10 Å². The number of likely N-dealkylation sites (tertiary alicyclic amines) is 1. The molecule has 1 saturated heterocycles. The molecule has 0 radical (unpaired) electrons. The molecule has 0 aliphatic carbocycles. The number of rotatable bonds is 3. The van der Waals surface area contributed by atoms with Gasteiger partial charge in [0.25, 0.3) is 5.56 Å². The fraction of sp³-hybridized carbons (Fsp3) is 0.583. The van der Waals surface area contributed by atoms with Gasteiger partial charge >= 0.3 is 6.18 Å². The van der Waals surface area contributed by atoms with E-state index in [0.717, 1.165) is 10.9 Å². The molecule has 1 aliphatic rings. The highest BCUT2D eigenvalue weighted by atomic mass is 35.5. The van der Waals surface area contributed by atoms with E-state index >= 15 is 0 Å². The zero-order valence-electron chi connectivity index (χ0n) is 11.5. The number of carbonyl (C=O) groups is 1. The average Bonchev–Trinajstić information content (AvgIpc) is 2.34. The second-order valence-corrected chi connectivity index (χ2v) is 6.41. The third kappa shape index (κ3) is 3.73. The van der Waals surface area contributed by atoms with Gasteiger partial charge in [0.05, 0.1) is 17.6 Å². The Balaban J connectivity index is 1.99. The lowest BCUT2D eigenvalue weighted by Crippen LogP contribution is -2.59. The van der Waals surface area contributed by atoms with Gasteiger partial charge in [0.1, 0.15) is 11.6 Å². The van der Waals surface area contributed by atoms with Gasteiger partial charge in [-0.2, -0.15) is 18.3 Å². The zero-order valence-corrected chi connectivity index (χ0v) is 13.0. The van der Waals surface area contributed by atoms with Crippen molar-refractivity contribution in [1.82, 2.24) is 14.7 Å². The van der Waals surface area contributed by atoms with Crippen molar-refractivity contribution < 1.29 is 18.0 Å². The maximum atomic E-state index is 12.4. The number of alkyl halides is 3. The smallest absolute Gasteiger partial charge is 0.340 e. The summed E-state index contributed by atoms with van der Waals surface area (Å²) in [5, 5.41) is 3.39.